The zero-order valence-corrected chi connectivity index (χ0v) is 16.7. The number of rotatable bonds is 7. The second kappa shape index (κ2) is 8.73. The zero-order valence-electron chi connectivity index (χ0n) is 16.7. The lowest BCUT2D eigenvalue weighted by Gasteiger charge is -2.38. The number of hydrogen-bond donors (Lipinski definition) is 1. The van der Waals surface area contributed by atoms with Gasteiger partial charge in [-0.25, -0.2) is 9.18 Å². The molecular formula is C20H19F3N4O5. The van der Waals surface area contributed by atoms with Crippen molar-refractivity contribution in [1.82, 2.24) is 15.3 Å². The van der Waals surface area contributed by atoms with Crippen molar-refractivity contribution in [1.29, 1.82) is 0 Å². The van der Waals surface area contributed by atoms with Crippen molar-refractivity contribution in [3.63, 3.8) is 0 Å². The van der Waals surface area contributed by atoms with Crippen LogP contribution in [-0.4, -0.2) is 54.2 Å². The van der Waals surface area contributed by atoms with E-state index in [1.54, 1.807) is 11.8 Å². The van der Waals surface area contributed by atoms with Gasteiger partial charge in [-0.3, -0.25) is 9.78 Å². The highest BCUT2D eigenvalue weighted by atomic mass is 19.3. The van der Waals surface area contributed by atoms with Gasteiger partial charge in [0.25, 0.3) is 11.9 Å². The minimum absolute atomic E-state index is 0. The monoisotopic (exact) mass is 452 g/mol. The number of pyridine rings is 1. The Hall–Kier alpha value is -3.83. The third-order valence-electron chi connectivity index (χ3n) is 4.68. The molecule has 0 saturated carbocycles. The average molecular weight is 452 g/mol. The molecule has 0 unspecified atom stereocenters. The molecule has 12 heteroatoms. The molecule has 0 aliphatic carbocycles. The molecule has 0 bridgehead atoms. The maximum absolute atomic E-state index is 13.9. The van der Waals surface area contributed by atoms with E-state index in [0.717, 1.165) is 12.1 Å². The number of fused-ring (bicyclic) bond motifs is 1. The van der Waals surface area contributed by atoms with Crippen LogP contribution in [0.2, 0.25) is 0 Å². The molecule has 3 aromatic rings. The number of anilines is 1. The molecule has 3 heterocycles. The van der Waals surface area contributed by atoms with Gasteiger partial charge in [0.2, 0.25) is 0 Å². The molecule has 1 aliphatic heterocycles. The van der Waals surface area contributed by atoms with E-state index < -0.39 is 30.1 Å². The molecule has 4 rings (SSSR count). The lowest BCUT2D eigenvalue weighted by Crippen LogP contribution is -2.59. The Morgan fingerprint density at radius 1 is 1.34 bits per heavy atom. The van der Waals surface area contributed by atoms with Gasteiger partial charge in [-0.2, -0.15) is 13.8 Å². The Kier molecular flexibility index (Phi) is 5.84. The number of nitrogens with one attached hydrogen (secondary N) is 1. The van der Waals surface area contributed by atoms with E-state index in [-0.39, 0.29) is 42.3 Å². The summed E-state index contributed by atoms with van der Waals surface area (Å²) in [4.78, 5) is 34.0. The molecule has 1 N–H and O–H groups in total. The van der Waals surface area contributed by atoms with E-state index in [2.05, 4.69) is 20.0 Å². The van der Waals surface area contributed by atoms with Crippen LogP contribution in [-0.2, 0) is 4.74 Å². The topological polar surface area (TPSA) is 107 Å². The highest BCUT2D eigenvalue weighted by molar-refractivity contribution is 5.97. The van der Waals surface area contributed by atoms with Crippen molar-refractivity contribution < 1.29 is 38.1 Å². The first-order chi connectivity index (χ1) is 15.3. The largest absolute Gasteiger partial charge is 0.461 e. The standard InChI is InChI=1S/C20H17F3N4O5.H2/c1-2-30-18(29)15-9-31-20(26-15)27-7-12(8-27)25-17(28)11-3-10-4-13(21)16(32-19(22)23)5-14(10)24-6-11;/h3-6,9,12,19H,2,7-8H2,1H3,(H,25,28);1H. The first-order valence-electron chi connectivity index (χ1n) is 9.56. The highest BCUT2D eigenvalue weighted by Crippen LogP contribution is 2.26. The summed E-state index contributed by atoms with van der Waals surface area (Å²) in [6, 6.07) is 3.45. The SMILES string of the molecule is CCOC(=O)c1coc(N2CC(NC(=O)c3cnc4cc(OC(F)F)c(F)cc4c3)C2)n1.[HH]. The van der Waals surface area contributed by atoms with Gasteiger partial charge in [-0.1, -0.05) is 0 Å². The van der Waals surface area contributed by atoms with Crippen molar-refractivity contribution in [2.75, 3.05) is 24.6 Å². The zero-order chi connectivity index (χ0) is 22.8. The van der Waals surface area contributed by atoms with Crippen molar-refractivity contribution in [2.45, 2.75) is 19.6 Å². The van der Waals surface area contributed by atoms with Crippen LogP contribution >= 0.6 is 0 Å². The van der Waals surface area contributed by atoms with Gasteiger partial charge in [0.05, 0.1) is 23.7 Å². The molecule has 9 nitrogen and oxygen atoms in total. The number of nitrogens with zero attached hydrogens (tertiary/aromatic N) is 3. The van der Waals surface area contributed by atoms with Crippen molar-refractivity contribution in [3.8, 4) is 5.75 Å². The summed E-state index contributed by atoms with van der Waals surface area (Å²) in [5, 5.41) is 3.06. The Bertz CT molecular complexity index is 1170. The number of halogens is 3. The number of oxazole rings is 1. The summed E-state index contributed by atoms with van der Waals surface area (Å²) >= 11 is 0. The number of ether oxygens (including phenoxy) is 2. The fourth-order valence-corrected chi connectivity index (χ4v) is 3.14. The third kappa shape index (κ3) is 4.43. The average Bonchev–Trinajstić information content (AvgIpc) is 3.20. The van der Waals surface area contributed by atoms with Crippen LogP contribution in [0, 0.1) is 5.82 Å². The molecule has 0 atom stereocenters. The molecule has 2 aromatic heterocycles. The predicted molar refractivity (Wildman–Crippen MR) is 106 cm³/mol. The molecule has 1 aliphatic rings. The number of aromatic nitrogens is 2. The molecule has 0 spiro atoms. The van der Waals surface area contributed by atoms with Gasteiger partial charge >= 0.3 is 12.6 Å². The van der Waals surface area contributed by atoms with E-state index in [4.69, 9.17) is 9.15 Å². The first kappa shape index (κ1) is 21.4. The molecule has 0 radical (unpaired) electrons. The molecule has 32 heavy (non-hydrogen) atoms. The van der Waals surface area contributed by atoms with Crippen LogP contribution in [0.5, 0.6) is 5.75 Å². The number of carbonyl (C=O) groups is 2. The van der Waals surface area contributed by atoms with Gasteiger partial charge in [-0.15, -0.1) is 0 Å². The highest BCUT2D eigenvalue weighted by Gasteiger charge is 2.32. The van der Waals surface area contributed by atoms with Gasteiger partial charge < -0.3 is 24.1 Å². The predicted octanol–water partition coefficient (Wildman–Crippen LogP) is 3.00. The van der Waals surface area contributed by atoms with Crippen molar-refractivity contribution in [2.24, 2.45) is 0 Å². The summed E-state index contributed by atoms with van der Waals surface area (Å²) < 4.78 is 52.9. The minimum Gasteiger partial charge on any atom is -0.461 e. The quantitative estimate of drug-likeness (QED) is 0.546. The first-order valence-corrected chi connectivity index (χ1v) is 9.56. The number of hydrogen-bond acceptors (Lipinski definition) is 8. The van der Waals surface area contributed by atoms with E-state index in [9.17, 15) is 22.8 Å². The maximum atomic E-state index is 13.9. The lowest BCUT2D eigenvalue weighted by atomic mass is 10.1. The van der Waals surface area contributed by atoms with Crippen LogP contribution < -0.4 is 15.0 Å². The number of esters is 1. The lowest BCUT2D eigenvalue weighted by molar-refractivity contribution is -0.0520. The summed E-state index contributed by atoms with van der Waals surface area (Å²) in [5.41, 5.74) is 0.444. The van der Waals surface area contributed by atoms with Crippen LogP contribution in [0.25, 0.3) is 10.9 Å². The number of alkyl halides is 2. The van der Waals surface area contributed by atoms with Gasteiger partial charge in [0, 0.05) is 32.2 Å². The molecule has 1 fully saturated rings. The van der Waals surface area contributed by atoms with Gasteiger partial charge in [0.15, 0.2) is 17.3 Å². The maximum Gasteiger partial charge on any atom is 0.387 e. The Balaban J connectivity index is 0.00000306. The van der Waals surface area contributed by atoms with E-state index in [1.807, 2.05) is 0 Å². The van der Waals surface area contributed by atoms with Crippen molar-refractivity contribution in [3.05, 3.63) is 47.7 Å². The number of benzene rings is 1. The van der Waals surface area contributed by atoms with E-state index in [0.29, 0.717) is 13.1 Å². The Labute approximate surface area is 180 Å². The Morgan fingerprint density at radius 2 is 2.12 bits per heavy atom. The molecule has 1 aromatic carbocycles. The molecule has 170 valence electrons. The summed E-state index contributed by atoms with van der Waals surface area (Å²) in [6.07, 6.45) is 2.47. The molecule has 1 amide bonds. The van der Waals surface area contributed by atoms with Crippen LogP contribution in [0.4, 0.5) is 19.2 Å². The summed E-state index contributed by atoms with van der Waals surface area (Å²) in [6.45, 7) is -0.457. The second-order valence-electron chi connectivity index (χ2n) is 6.89. The fourth-order valence-electron chi connectivity index (χ4n) is 3.14. The summed E-state index contributed by atoms with van der Waals surface area (Å²) in [7, 11) is 0. The van der Waals surface area contributed by atoms with Crippen LogP contribution in [0.1, 0.15) is 29.2 Å². The minimum atomic E-state index is -3.16. The molecular weight excluding hydrogens is 433 g/mol. The molecule has 1 saturated heterocycles. The second-order valence-corrected chi connectivity index (χ2v) is 6.89. The normalized spacial score (nSPS) is 13.8. The van der Waals surface area contributed by atoms with Crippen molar-refractivity contribution >= 4 is 28.8 Å². The van der Waals surface area contributed by atoms with Crippen LogP contribution in [0.15, 0.2) is 35.1 Å². The third-order valence-corrected chi connectivity index (χ3v) is 4.68. The fraction of sp³-hybridized carbons (Fsp3) is 0.300. The van der Waals surface area contributed by atoms with Gasteiger partial charge in [-0.05, 0) is 19.1 Å². The van der Waals surface area contributed by atoms with E-state index in [1.165, 1.54) is 18.5 Å². The van der Waals surface area contributed by atoms with Gasteiger partial charge in [0.1, 0.15) is 6.26 Å². The smallest absolute Gasteiger partial charge is 0.387 e. The number of amides is 1. The van der Waals surface area contributed by atoms with Crippen LogP contribution in [0.3, 0.4) is 0 Å². The van der Waals surface area contributed by atoms with E-state index >= 15 is 0 Å². The number of carbonyl (C=O) groups excluding carboxylic acids is 2. The summed E-state index contributed by atoms with van der Waals surface area (Å²) in [5.74, 6) is -2.62. The Morgan fingerprint density at radius 3 is 2.84 bits per heavy atom.